The van der Waals surface area contributed by atoms with E-state index in [1.807, 2.05) is 30.3 Å². The van der Waals surface area contributed by atoms with Gasteiger partial charge in [0.25, 0.3) is 0 Å². The van der Waals surface area contributed by atoms with Crippen LogP contribution in [0, 0.1) is 5.92 Å². The molecule has 1 saturated heterocycles. The number of hydrogen-bond acceptors (Lipinski definition) is 7. The first kappa shape index (κ1) is 20.9. The summed E-state index contributed by atoms with van der Waals surface area (Å²) in [4.78, 5) is 24.0. The Hall–Kier alpha value is -2.38. The largest absolute Gasteiger partial charge is 0.509 e. The number of rotatable bonds is 7. The molecular weight excluding hydrogens is 352 g/mol. The topological polar surface area (TPSA) is 80.3 Å². The summed E-state index contributed by atoms with van der Waals surface area (Å²) in [6.07, 6.45) is -2.10. The summed E-state index contributed by atoms with van der Waals surface area (Å²) >= 11 is 0. The molecule has 7 heteroatoms. The molecule has 0 radical (unpaired) electrons. The lowest BCUT2D eigenvalue weighted by Gasteiger charge is -2.42. The smallest absolute Gasteiger partial charge is 0.467 e. The maximum Gasteiger partial charge on any atom is 0.509 e. The van der Waals surface area contributed by atoms with E-state index < -0.39 is 42.5 Å². The van der Waals surface area contributed by atoms with Crippen LogP contribution in [0.5, 0.6) is 0 Å². The van der Waals surface area contributed by atoms with Crippen molar-refractivity contribution in [2.45, 2.75) is 44.9 Å². The SMILES string of the molecule is C=CCOC(=O)OC1C(C)OC(C(=O)OC)[C@@H](C)[C@@H]1OCc1ccccc1. The maximum absolute atomic E-state index is 12.1. The highest BCUT2D eigenvalue weighted by molar-refractivity contribution is 5.75. The van der Waals surface area contributed by atoms with Gasteiger partial charge in [-0.05, 0) is 12.5 Å². The van der Waals surface area contributed by atoms with Gasteiger partial charge >= 0.3 is 12.1 Å². The van der Waals surface area contributed by atoms with Crippen molar-refractivity contribution in [3.8, 4) is 0 Å². The van der Waals surface area contributed by atoms with Gasteiger partial charge in [-0.2, -0.15) is 0 Å². The number of carbonyl (C=O) groups is 2. The zero-order valence-corrected chi connectivity index (χ0v) is 15.8. The first-order valence-corrected chi connectivity index (χ1v) is 8.81. The Morgan fingerprint density at radius 2 is 1.89 bits per heavy atom. The van der Waals surface area contributed by atoms with Crippen molar-refractivity contribution in [2.75, 3.05) is 13.7 Å². The molecular formula is C20H26O7. The van der Waals surface area contributed by atoms with Crippen LogP contribution in [0.25, 0.3) is 0 Å². The van der Waals surface area contributed by atoms with Crippen LogP contribution in [-0.4, -0.2) is 50.3 Å². The zero-order valence-electron chi connectivity index (χ0n) is 15.8. The van der Waals surface area contributed by atoms with Crippen molar-refractivity contribution in [1.29, 1.82) is 0 Å². The second kappa shape index (κ2) is 10.1. The van der Waals surface area contributed by atoms with E-state index in [1.165, 1.54) is 13.2 Å². The molecule has 2 rings (SSSR count). The van der Waals surface area contributed by atoms with Crippen LogP contribution in [0.1, 0.15) is 19.4 Å². The molecule has 1 aliphatic rings. The first-order valence-electron chi connectivity index (χ1n) is 8.81. The minimum Gasteiger partial charge on any atom is -0.467 e. The van der Waals surface area contributed by atoms with Crippen molar-refractivity contribution >= 4 is 12.1 Å². The van der Waals surface area contributed by atoms with Gasteiger partial charge < -0.3 is 23.7 Å². The zero-order chi connectivity index (χ0) is 19.8. The van der Waals surface area contributed by atoms with Crippen molar-refractivity contribution in [1.82, 2.24) is 0 Å². The van der Waals surface area contributed by atoms with E-state index in [1.54, 1.807) is 13.8 Å². The molecule has 0 aromatic heterocycles. The Morgan fingerprint density at radius 3 is 2.52 bits per heavy atom. The lowest BCUT2D eigenvalue weighted by atomic mass is 9.88. The molecule has 1 fully saturated rings. The van der Waals surface area contributed by atoms with Crippen LogP contribution in [0.2, 0.25) is 0 Å². The summed E-state index contributed by atoms with van der Waals surface area (Å²) in [6, 6.07) is 9.59. The van der Waals surface area contributed by atoms with Gasteiger partial charge in [-0.3, -0.25) is 0 Å². The van der Waals surface area contributed by atoms with Crippen LogP contribution in [0.15, 0.2) is 43.0 Å². The highest BCUT2D eigenvalue weighted by Gasteiger charge is 2.48. The van der Waals surface area contributed by atoms with Gasteiger partial charge in [-0.1, -0.05) is 49.9 Å². The fourth-order valence-corrected chi connectivity index (χ4v) is 3.01. The molecule has 0 saturated carbocycles. The second-order valence-electron chi connectivity index (χ2n) is 6.34. The Bertz CT molecular complexity index is 630. The molecule has 0 bridgehead atoms. The Balaban J connectivity index is 2.15. The molecule has 5 atom stereocenters. The molecule has 0 amide bonds. The molecule has 1 aliphatic heterocycles. The minimum atomic E-state index is -0.840. The number of ether oxygens (including phenoxy) is 5. The van der Waals surface area contributed by atoms with E-state index in [0.717, 1.165) is 5.56 Å². The van der Waals surface area contributed by atoms with Gasteiger partial charge in [0.2, 0.25) is 0 Å². The summed E-state index contributed by atoms with van der Waals surface area (Å²) in [5, 5.41) is 0. The third kappa shape index (κ3) is 5.55. The molecule has 7 nitrogen and oxygen atoms in total. The second-order valence-corrected chi connectivity index (χ2v) is 6.34. The fraction of sp³-hybridized carbons (Fsp3) is 0.500. The van der Waals surface area contributed by atoms with Gasteiger partial charge in [0.05, 0.1) is 19.8 Å². The molecule has 0 N–H and O–H groups in total. The van der Waals surface area contributed by atoms with Crippen LogP contribution < -0.4 is 0 Å². The summed E-state index contributed by atoms with van der Waals surface area (Å²) in [5.41, 5.74) is 0.964. The van der Waals surface area contributed by atoms with Crippen molar-refractivity contribution in [3.05, 3.63) is 48.6 Å². The highest BCUT2D eigenvalue weighted by Crippen LogP contribution is 2.31. The monoisotopic (exact) mass is 378 g/mol. The molecule has 3 unspecified atom stereocenters. The van der Waals surface area contributed by atoms with E-state index in [9.17, 15) is 9.59 Å². The molecule has 1 aromatic carbocycles. The van der Waals surface area contributed by atoms with E-state index in [2.05, 4.69) is 6.58 Å². The number of methoxy groups -OCH3 is 1. The van der Waals surface area contributed by atoms with Crippen LogP contribution in [0.4, 0.5) is 4.79 Å². The third-order valence-corrected chi connectivity index (χ3v) is 4.41. The summed E-state index contributed by atoms with van der Waals surface area (Å²) in [5.74, 6) is -0.884. The molecule has 27 heavy (non-hydrogen) atoms. The Labute approximate surface area is 159 Å². The lowest BCUT2D eigenvalue weighted by Crippen LogP contribution is -2.57. The predicted molar refractivity (Wildman–Crippen MR) is 97.0 cm³/mol. The third-order valence-electron chi connectivity index (χ3n) is 4.41. The molecule has 1 aromatic rings. The lowest BCUT2D eigenvalue weighted by molar-refractivity contribution is -0.221. The minimum absolute atomic E-state index is 0.0384. The standard InChI is InChI=1S/C20H26O7/c1-5-11-24-20(22)27-18-14(3)26-17(19(21)23-4)13(2)16(18)25-12-15-9-7-6-8-10-15/h5-10,13-14,16-18H,1,11-12H2,2-4H3/t13-,14?,16-,17?,18?/m0/s1. The van der Waals surface area contributed by atoms with Crippen molar-refractivity contribution in [2.24, 2.45) is 5.92 Å². The van der Waals surface area contributed by atoms with Gasteiger partial charge in [-0.25, -0.2) is 9.59 Å². The summed E-state index contributed by atoms with van der Waals surface area (Å²) in [6.45, 7) is 7.35. The number of esters is 1. The molecule has 0 spiro atoms. The van der Waals surface area contributed by atoms with Crippen LogP contribution in [0.3, 0.4) is 0 Å². The summed E-state index contributed by atoms with van der Waals surface area (Å²) < 4.78 is 27.0. The predicted octanol–water partition coefficient (Wildman–Crippen LogP) is 2.88. The van der Waals surface area contributed by atoms with Crippen molar-refractivity contribution in [3.63, 3.8) is 0 Å². The normalized spacial score (nSPS) is 27.4. The molecule has 1 heterocycles. The number of hydrogen-bond donors (Lipinski definition) is 0. The van der Waals surface area contributed by atoms with E-state index >= 15 is 0 Å². The van der Waals surface area contributed by atoms with Gasteiger partial charge in [-0.15, -0.1) is 0 Å². The van der Waals surface area contributed by atoms with E-state index in [-0.39, 0.29) is 6.61 Å². The van der Waals surface area contributed by atoms with Gasteiger partial charge in [0.1, 0.15) is 12.7 Å². The summed E-state index contributed by atoms with van der Waals surface area (Å²) in [7, 11) is 1.30. The average Bonchev–Trinajstić information content (AvgIpc) is 2.68. The van der Waals surface area contributed by atoms with Gasteiger partial charge in [0.15, 0.2) is 12.2 Å². The number of benzene rings is 1. The quantitative estimate of drug-likeness (QED) is 0.533. The van der Waals surface area contributed by atoms with E-state index in [4.69, 9.17) is 23.7 Å². The first-order chi connectivity index (χ1) is 13.0. The Morgan fingerprint density at radius 1 is 1.19 bits per heavy atom. The van der Waals surface area contributed by atoms with Gasteiger partial charge in [0, 0.05) is 5.92 Å². The van der Waals surface area contributed by atoms with Crippen LogP contribution in [-0.2, 0) is 35.1 Å². The van der Waals surface area contributed by atoms with Crippen LogP contribution >= 0.6 is 0 Å². The maximum atomic E-state index is 12.1. The number of carbonyl (C=O) groups excluding carboxylic acids is 2. The average molecular weight is 378 g/mol. The molecule has 0 aliphatic carbocycles. The molecule has 148 valence electrons. The Kier molecular flexibility index (Phi) is 7.82. The highest BCUT2D eigenvalue weighted by atomic mass is 16.7. The van der Waals surface area contributed by atoms with Crippen molar-refractivity contribution < 1.29 is 33.3 Å². The fourth-order valence-electron chi connectivity index (χ4n) is 3.01. The van der Waals surface area contributed by atoms with E-state index in [0.29, 0.717) is 6.61 Å².